The monoisotopic (exact) mass is 314 g/mol. The summed E-state index contributed by atoms with van der Waals surface area (Å²) in [6.07, 6.45) is 8.20. The van der Waals surface area contributed by atoms with Crippen LogP contribution in [0.15, 0.2) is 22.1 Å². The van der Waals surface area contributed by atoms with Crippen LogP contribution in [0.4, 0.5) is 4.79 Å². The number of piperidine rings is 1. The molecule has 0 aromatic heterocycles. The third-order valence-electron chi connectivity index (χ3n) is 4.86. The first-order valence-electron chi connectivity index (χ1n) is 8.10. The van der Waals surface area contributed by atoms with E-state index in [1.54, 1.807) is 12.2 Å². The number of rotatable bonds is 2. The van der Waals surface area contributed by atoms with E-state index in [0.29, 0.717) is 25.9 Å². The maximum atomic E-state index is 12.6. The maximum absolute atomic E-state index is 12.6. The Morgan fingerprint density at radius 1 is 1.13 bits per heavy atom. The predicted molar refractivity (Wildman–Crippen MR) is 83.1 cm³/mol. The fourth-order valence-corrected chi connectivity index (χ4v) is 3.40. The van der Waals surface area contributed by atoms with Gasteiger partial charge < -0.3 is 4.90 Å². The molecule has 1 unspecified atom stereocenters. The van der Waals surface area contributed by atoms with Crippen molar-refractivity contribution in [2.75, 3.05) is 13.1 Å². The molecule has 4 rings (SSSR count). The number of fused-ring (bicyclic) bond motifs is 1. The molecule has 7 nitrogen and oxygen atoms in total. The quantitative estimate of drug-likeness (QED) is 0.762. The second-order valence-electron chi connectivity index (χ2n) is 6.43. The van der Waals surface area contributed by atoms with Crippen molar-refractivity contribution in [2.45, 2.75) is 31.7 Å². The van der Waals surface area contributed by atoms with Gasteiger partial charge in [0.2, 0.25) is 11.8 Å². The van der Waals surface area contributed by atoms with E-state index in [1.807, 2.05) is 4.90 Å². The number of hydrogen-bond donors (Lipinski definition) is 0. The van der Waals surface area contributed by atoms with Gasteiger partial charge in [-0.05, 0) is 31.8 Å². The lowest BCUT2D eigenvalue weighted by Gasteiger charge is -2.39. The van der Waals surface area contributed by atoms with Gasteiger partial charge in [-0.2, -0.15) is 4.99 Å². The lowest BCUT2D eigenvalue weighted by atomic mass is 9.97. The Morgan fingerprint density at radius 3 is 2.57 bits per heavy atom. The third kappa shape index (κ3) is 2.50. The Morgan fingerprint density at radius 2 is 1.87 bits per heavy atom. The molecule has 2 fully saturated rings. The number of carbonyl (C=O) groups excluding carboxylic acids is 3. The highest BCUT2D eigenvalue weighted by atomic mass is 16.2. The number of amidine groups is 1. The van der Waals surface area contributed by atoms with Crippen LogP contribution in [-0.4, -0.2) is 58.8 Å². The SMILES string of the molecule is O=C(C1CC1)N1CCC(N2C(=O)N=C3N=CC=CC3C2=O)CC1. The van der Waals surface area contributed by atoms with Gasteiger partial charge in [-0.25, -0.2) is 9.79 Å². The van der Waals surface area contributed by atoms with Crippen molar-refractivity contribution in [3.8, 4) is 0 Å². The van der Waals surface area contributed by atoms with Crippen LogP contribution in [-0.2, 0) is 9.59 Å². The van der Waals surface area contributed by atoms with Gasteiger partial charge in [0.15, 0.2) is 0 Å². The van der Waals surface area contributed by atoms with Gasteiger partial charge in [-0.15, -0.1) is 0 Å². The molecule has 1 saturated heterocycles. The molecule has 0 N–H and O–H groups in total. The van der Waals surface area contributed by atoms with Crippen LogP contribution in [0, 0.1) is 11.8 Å². The maximum Gasteiger partial charge on any atom is 0.352 e. The van der Waals surface area contributed by atoms with Crippen LogP contribution in [0.25, 0.3) is 0 Å². The van der Waals surface area contributed by atoms with Crippen LogP contribution in [0.5, 0.6) is 0 Å². The summed E-state index contributed by atoms with van der Waals surface area (Å²) in [6.45, 7) is 1.21. The van der Waals surface area contributed by atoms with E-state index in [9.17, 15) is 14.4 Å². The molecule has 1 saturated carbocycles. The summed E-state index contributed by atoms with van der Waals surface area (Å²) < 4.78 is 0. The number of allylic oxidation sites excluding steroid dienone is 1. The molecule has 3 heterocycles. The zero-order valence-electron chi connectivity index (χ0n) is 12.7. The largest absolute Gasteiger partial charge is 0.352 e. The van der Waals surface area contributed by atoms with Crippen molar-refractivity contribution in [1.29, 1.82) is 0 Å². The van der Waals surface area contributed by atoms with E-state index < -0.39 is 11.9 Å². The number of aliphatic imine (C=N–C) groups is 2. The fraction of sp³-hybridized carbons (Fsp3) is 0.562. The van der Waals surface area contributed by atoms with Gasteiger partial charge in [0.25, 0.3) is 0 Å². The van der Waals surface area contributed by atoms with Crippen molar-refractivity contribution in [2.24, 2.45) is 21.8 Å². The van der Waals surface area contributed by atoms with Crippen LogP contribution >= 0.6 is 0 Å². The Kier molecular flexibility index (Phi) is 3.36. The molecule has 23 heavy (non-hydrogen) atoms. The molecule has 7 heteroatoms. The topological polar surface area (TPSA) is 82.4 Å². The summed E-state index contributed by atoms with van der Waals surface area (Å²) in [6, 6.07) is -0.705. The first kappa shape index (κ1) is 14.3. The third-order valence-corrected chi connectivity index (χ3v) is 4.86. The van der Waals surface area contributed by atoms with Gasteiger partial charge >= 0.3 is 6.03 Å². The van der Waals surface area contributed by atoms with Crippen LogP contribution in [0.1, 0.15) is 25.7 Å². The minimum absolute atomic E-state index is 0.178. The van der Waals surface area contributed by atoms with Gasteiger partial charge in [0.05, 0.1) is 0 Å². The average molecular weight is 314 g/mol. The van der Waals surface area contributed by atoms with E-state index in [0.717, 1.165) is 12.8 Å². The van der Waals surface area contributed by atoms with E-state index >= 15 is 0 Å². The fourth-order valence-electron chi connectivity index (χ4n) is 3.40. The van der Waals surface area contributed by atoms with E-state index in [-0.39, 0.29) is 29.6 Å². The Hall–Kier alpha value is -2.31. The number of nitrogens with zero attached hydrogens (tertiary/aromatic N) is 4. The Bertz CT molecular complexity index is 654. The molecular formula is C16H18N4O3. The molecule has 3 aliphatic heterocycles. The average Bonchev–Trinajstić information content (AvgIpc) is 3.40. The van der Waals surface area contributed by atoms with Gasteiger partial charge in [-0.3, -0.25) is 14.5 Å². The molecule has 4 aliphatic rings. The summed E-state index contributed by atoms with van der Waals surface area (Å²) in [7, 11) is 0. The number of dihydropyridines is 1. The molecule has 0 bridgehead atoms. The predicted octanol–water partition coefficient (Wildman–Crippen LogP) is 1.00. The van der Waals surface area contributed by atoms with Crippen molar-refractivity contribution >= 4 is 29.9 Å². The number of urea groups is 1. The highest BCUT2D eigenvalue weighted by Crippen LogP contribution is 2.33. The molecule has 4 amide bonds. The Labute approximate surface area is 133 Å². The van der Waals surface area contributed by atoms with Crippen LogP contribution in [0.2, 0.25) is 0 Å². The van der Waals surface area contributed by atoms with E-state index in [1.165, 1.54) is 11.1 Å². The van der Waals surface area contributed by atoms with Crippen molar-refractivity contribution in [3.63, 3.8) is 0 Å². The minimum atomic E-state index is -0.552. The molecule has 120 valence electrons. The summed E-state index contributed by atoms with van der Waals surface area (Å²) in [5.74, 6) is -0.0872. The molecular weight excluding hydrogens is 296 g/mol. The lowest BCUT2D eigenvalue weighted by Crippen LogP contribution is -2.54. The van der Waals surface area contributed by atoms with Crippen molar-refractivity contribution in [3.05, 3.63) is 12.2 Å². The second kappa shape index (κ2) is 5.40. The van der Waals surface area contributed by atoms with Crippen LogP contribution < -0.4 is 0 Å². The number of hydrogen-bond acceptors (Lipinski definition) is 4. The first-order valence-corrected chi connectivity index (χ1v) is 8.10. The van der Waals surface area contributed by atoms with Gasteiger partial charge in [0.1, 0.15) is 11.8 Å². The normalized spacial score (nSPS) is 28.0. The number of amides is 4. The number of carbonyl (C=O) groups is 3. The summed E-state index contributed by atoms with van der Waals surface area (Å²) in [4.78, 5) is 48.1. The molecule has 1 aliphatic carbocycles. The van der Waals surface area contributed by atoms with Gasteiger partial charge in [-0.1, -0.05) is 6.08 Å². The number of imide groups is 1. The summed E-state index contributed by atoms with van der Waals surface area (Å²) in [5, 5.41) is 0. The standard InChI is InChI=1S/C16H18N4O3/c21-14(10-3-4-10)19-8-5-11(6-9-19)20-15(22)12-2-1-7-17-13(12)18-16(20)23/h1-2,7,10-12H,3-6,8-9H2. The highest BCUT2D eigenvalue weighted by molar-refractivity contribution is 6.19. The molecule has 0 spiro atoms. The zero-order chi connectivity index (χ0) is 16.0. The van der Waals surface area contributed by atoms with Crippen molar-refractivity contribution in [1.82, 2.24) is 9.80 Å². The van der Waals surface area contributed by atoms with E-state index in [4.69, 9.17) is 0 Å². The van der Waals surface area contributed by atoms with E-state index in [2.05, 4.69) is 9.98 Å². The smallest absolute Gasteiger partial charge is 0.342 e. The zero-order valence-corrected chi connectivity index (χ0v) is 12.7. The van der Waals surface area contributed by atoms with Crippen molar-refractivity contribution < 1.29 is 14.4 Å². The highest BCUT2D eigenvalue weighted by Gasteiger charge is 2.42. The second-order valence-corrected chi connectivity index (χ2v) is 6.43. The molecule has 0 aromatic rings. The molecule has 0 radical (unpaired) electrons. The van der Waals surface area contributed by atoms with Crippen LogP contribution in [0.3, 0.4) is 0 Å². The number of likely N-dealkylation sites (tertiary alicyclic amines) is 1. The Balaban J connectivity index is 1.46. The minimum Gasteiger partial charge on any atom is -0.342 e. The molecule has 1 atom stereocenters. The molecule has 0 aromatic carbocycles. The first-order chi connectivity index (χ1) is 11.1. The summed E-state index contributed by atoms with van der Waals surface area (Å²) >= 11 is 0. The lowest BCUT2D eigenvalue weighted by molar-refractivity contribution is -0.135. The van der Waals surface area contributed by atoms with Gasteiger partial charge in [0, 0.05) is 31.3 Å². The summed E-state index contributed by atoms with van der Waals surface area (Å²) in [5.41, 5.74) is 0.